The van der Waals surface area contributed by atoms with E-state index in [1.807, 2.05) is 18.2 Å². The van der Waals surface area contributed by atoms with Crippen LogP contribution in [-0.2, 0) is 0 Å². The first-order valence-electron chi connectivity index (χ1n) is 7.49. The van der Waals surface area contributed by atoms with Crippen LogP contribution in [0.5, 0.6) is 0 Å². The monoisotopic (exact) mass is 310 g/mol. The number of hydrogen-bond donors (Lipinski definition) is 3. The van der Waals surface area contributed by atoms with Crippen molar-refractivity contribution in [1.29, 1.82) is 0 Å². The van der Waals surface area contributed by atoms with Gasteiger partial charge in [0.25, 0.3) is 5.91 Å². The normalized spacial score (nSPS) is 19.0. The maximum Gasteiger partial charge on any atom is 0.319 e. The van der Waals surface area contributed by atoms with Crippen molar-refractivity contribution in [2.75, 3.05) is 11.9 Å². The minimum atomic E-state index is -0.596. The minimum absolute atomic E-state index is 0.166. The van der Waals surface area contributed by atoms with Crippen LogP contribution in [0.4, 0.5) is 10.5 Å². The number of carbonyl (C=O) groups is 2. The summed E-state index contributed by atoms with van der Waals surface area (Å²) in [5, 5.41) is 5.54. The van der Waals surface area contributed by atoms with Crippen LogP contribution < -0.4 is 16.4 Å². The van der Waals surface area contributed by atoms with E-state index in [4.69, 9.17) is 5.73 Å². The highest BCUT2D eigenvalue weighted by molar-refractivity contribution is 5.92. The van der Waals surface area contributed by atoms with Crippen molar-refractivity contribution in [3.8, 4) is 0 Å². The predicted octanol–water partition coefficient (Wildman–Crippen LogP) is 2.11. The Kier molecular flexibility index (Phi) is 4.23. The number of nitrogens with zero attached hydrogens (tertiary/aromatic N) is 1. The number of benzene rings is 1. The summed E-state index contributed by atoms with van der Waals surface area (Å²) in [7, 11) is 0. The molecule has 3 amide bonds. The third-order valence-corrected chi connectivity index (χ3v) is 3.95. The van der Waals surface area contributed by atoms with Crippen molar-refractivity contribution in [2.24, 2.45) is 11.7 Å². The summed E-state index contributed by atoms with van der Waals surface area (Å²) >= 11 is 0. The average Bonchev–Trinajstić information content (AvgIpc) is 3.34. The first-order chi connectivity index (χ1) is 11.1. The van der Waals surface area contributed by atoms with Crippen LogP contribution in [0.15, 0.2) is 48.7 Å². The van der Waals surface area contributed by atoms with Crippen molar-refractivity contribution in [2.45, 2.75) is 12.3 Å². The highest BCUT2D eigenvalue weighted by atomic mass is 16.2. The van der Waals surface area contributed by atoms with Crippen molar-refractivity contribution in [1.82, 2.24) is 10.3 Å². The van der Waals surface area contributed by atoms with Gasteiger partial charge in [-0.15, -0.1) is 0 Å². The molecule has 3 rings (SSSR count). The quantitative estimate of drug-likeness (QED) is 0.789. The molecule has 0 bridgehead atoms. The standard InChI is InChI=1S/C17H18N4O2/c18-16(22)15-7-6-13(10-19-15)21-17(23)20-9-12-8-14(12)11-4-2-1-3-5-11/h1-7,10,12,14H,8-9H2,(H2,18,22)(H2,20,21,23)/t12-,14-/m0/s1. The highest BCUT2D eigenvalue weighted by Crippen LogP contribution is 2.46. The second-order valence-electron chi connectivity index (χ2n) is 5.64. The van der Waals surface area contributed by atoms with E-state index >= 15 is 0 Å². The number of nitrogens with one attached hydrogen (secondary N) is 2. The fourth-order valence-electron chi connectivity index (χ4n) is 2.59. The minimum Gasteiger partial charge on any atom is -0.364 e. The molecule has 1 heterocycles. The van der Waals surface area contributed by atoms with E-state index in [0.717, 1.165) is 6.42 Å². The second-order valence-corrected chi connectivity index (χ2v) is 5.64. The van der Waals surface area contributed by atoms with Crippen molar-refractivity contribution in [3.05, 3.63) is 59.9 Å². The highest BCUT2D eigenvalue weighted by Gasteiger charge is 2.37. The Bertz CT molecular complexity index is 700. The molecule has 1 aromatic carbocycles. The summed E-state index contributed by atoms with van der Waals surface area (Å²) in [5.74, 6) is 0.424. The SMILES string of the molecule is NC(=O)c1ccc(NC(=O)NC[C@@H]2C[C@H]2c2ccccc2)cn1. The summed E-state index contributed by atoms with van der Waals surface area (Å²) in [4.78, 5) is 26.7. The average molecular weight is 310 g/mol. The molecule has 0 unspecified atom stereocenters. The Labute approximate surface area is 134 Å². The molecule has 4 N–H and O–H groups in total. The molecule has 2 aromatic rings. The lowest BCUT2D eigenvalue weighted by Crippen LogP contribution is -2.30. The van der Waals surface area contributed by atoms with Gasteiger partial charge in [0.05, 0.1) is 11.9 Å². The lowest BCUT2D eigenvalue weighted by atomic mass is 10.1. The van der Waals surface area contributed by atoms with Crippen LogP contribution in [0.1, 0.15) is 28.4 Å². The number of nitrogens with two attached hydrogens (primary N) is 1. The van der Waals surface area contributed by atoms with Crippen LogP contribution in [0.3, 0.4) is 0 Å². The molecule has 1 aliphatic rings. The zero-order chi connectivity index (χ0) is 16.2. The maximum absolute atomic E-state index is 11.9. The molecule has 1 aliphatic carbocycles. The Morgan fingerprint density at radius 2 is 1.96 bits per heavy atom. The van der Waals surface area contributed by atoms with Gasteiger partial charge in [-0.05, 0) is 36.0 Å². The zero-order valence-corrected chi connectivity index (χ0v) is 12.5. The first kappa shape index (κ1) is 15.0. The van der Waals surface area contributed by atoms with Gasteiger partial charge in [0.2, 0.25) is 0 Å². The van der Waals surface area contributed by atoms with Crippen LogP contribution in [0.2, 0.25) is 0 Å². The van der Waals surface area contributed by atoms with E-state index in [2.05, 4.69) is 27.8 Å². The van der Waals surface area contributed by atoms with Gasteiger partial charge < -0.3 is 16.4 Å². The largest absolute Gasteiger partial charge is 0.364 e. The molecule has 23 heavy (non-hydrogen) atoms. The second kappa shape index (κ2) is 6.48. The molecule has 1 saturated carbocycles. The van der Waals surface area contributed by atoms with E-state index in [1.54, 1.807) is 6.07 Å². The number of pyridine rings is 1. The number of carbonyl (C=O) groups excluding carboxylic acids is 2. The van der Waals surface area contributed by atoms with Crippen LogP contribution in [0, 0.1) is 5.92 Å². The van der Waals surface area contributed by atoms with E-state index in [-0.39, 0.29) is 11.7 Å². The molecule has 1 aromatic heterocycles. The number of rotatable bonds is 5. The Hall–Kier alpha value is -2.89. The van der Waals surface area contributed by atoms with Crippen molar-refractivity contribution < 1.29 is 9.59 Å². The van der Waals surface area contributed by atoms with Gasteiger partial charge in [0, 0.05) is 6.54 Å². The van der Waals surface area contributed by atoms with E-state index < -0.39 is 5.91 Å². The summed E-state index contributed by atoms with van der Waals surface area (Å²) in [6.07, 6.45) is 2.50. The molecule has 0 spiro atoms. The Morgan fingerprint density at radius 1 is 1.17 bits per heavy atom. The fraction of sp³-hybridized carbons (Fsp3) is 0.235. The van der Waals surface area contributed by atoms with Gasteiger partial charge in [-0.25, -0.2) is 9.78 Å². The summed E-state index contributed by atoms with van der Waals surface area (Å²) in [5.41, 5.74) is 7.12. The lowest BCUT2D eigenvalue weighted by molar-refractivity contribution is 0.0995. The fourth-order valence-corrected chi connectivity index (χ4v) is 2.59. The number of primary amides is 1. The molecule has 6 nitrogen and oxygen atoms in total. The topological polar surface area (TPSA) is 97.1 Å². The Morgan fingerprint density at radius 3 is 2.61 bits per heavy atom. The summed E-state index contributed by atoms with van der Waals surface area (Å²) in [6.45, 7) is 0.637. The number of amides is 3. The molecule has 6 heteroatoms. The van der Waals surface area contributed by atoms with E-state index in [1.165, 1.54) is 17.8 Å². The lowest BCUT2D eigenvalue weighted by Gasteiger charge is -2.07. The number of anilines is 1. The molecule has 0 radical (unpaired) electrons. The molecule has 0 saturated heterocycles. The van der Waals surface area contributed by atoms with Gasteiger partial charge in [0.1, 0.15) is 5.69 Å². The zero-order valence-electron chi connectivity index (χ0n) is 12.5. The predicted molar refractivity (Wildman–Crippen MR) is 87.1 cm³/mol. The molecule has 1 fully saturated rings. The van der Waals surface area contributed by atoms with Gasteiger partial charge >= 0.3 is 6.03 Å². The van der Waals surface area contributed by atoms with Crippen molar-refractivity contribution in [3.63, 3.8) is 0 Å². The van der Waals surface area contributed by atoms with Crippen LogP contribution >= 0.6 is 0 Å². The molecule has 0 aliphatic heterocycles. The van der Waals surface area contributed by atoms with E-state index in [0.29, 0.717) is 24.1 Å². The van der Waals surface area contributed by atoms with Gasteiger partial charge in [-0.1, -0.05) is 30.3 Å². The first-order valence-corrected chi connectivity index (χ1v) is 7.49. The van der Waals surface area contributed by atoms with Crippen molar-refractivity contribution >= 4 is 17.6 Å². The number of hydrogen-bond acceptors (Lipinski definition) is 3. The smallest absolute Gasteiger partial charge is 0.319 e. The summed E-state index contributed by atoms with van der Waals surface area (Å²) in [6, 6.07) is 13.1. The molecular formula is C17H18N4O2. The Balaban J connectivity index is 1.45. The molecule has 2 atom stereocenters. The van der Waals surface area contributed by atoms with Crippen LogP contribution in [0.25, 0.3) is 0 Å². The molecule has 118 valence electrons. The van der Waals surface area contributed by atoms with Gasteiger partial charge in [0.15, 0.2) is 0 Å². The van der Waals surface area contributed by atoms with Gasteiger partial charge in [-0.2, -0.15) is 0 Å². The summed E-state index contributed by atoms with van der Waals surface area (Å²) < 4.78 is 0. The third kappa shape index (κ3) is 3.85. The third-order valence-electron chi connectivity index (χ3n) is 3.95. The maximum atomic E-state index is 11.9. The van der Waals surface area contributed by atoms with E-state index in [9.17, 15) is 9.59 Å². The van der Waals surface area contributed by atoms with Gasteiger partial charge in [-0.3, -0.25) is 4.79 Å². The van der Waals surface area contributed by atoms with Crippen LogP contribution in [-0.4, -0.2) is 23.5 Å². The molecular weight excluding hydrogens is 292 g/mol. The number of aromatic nitrogens is 1. The number of urea groups is 1.